The molecule has 0 aromatic heterocycles. The maximum absolute atomic E-state index is 12.9. The first-order valence-electron chi connectivity index (χ1n) is 5.90. The third kappa shape index (κ3) is 2.49. The summed E-state index contributed by atoms with van der Waals surface area (Å²) in [6.07, 6.45) is -4.50. The van der Waals surface area contributed by atoms with E-state index in [1.807, 2.05) is 5.32 Å². The number of ether oxygens (including phenoxy) is 1. The highest BCUT2D eigenvalue weighted by Crippen LogP contribution is 2.55. The maximum Gasteiger partial charge on any atom is 0.405 e. The smallest absolute Gasteiger partial charge is 0.347 e. The Morgan fingerprint density at radius 2 is 1.75 bits per heavy atom. The van der Waals surface area contributed by atoms with Gasteiger partial charge in [0.05, 0.1) is 0 Å². The lowest BCUT2D eigenvalue weighted by atomic mass is 9.87. The second-order valence-corrected chi connectivity index (χ2v) is 5.10. The Morgan fingerprint density at radius 1 is 1.25 bits per heavy atom. The van der Waals surface area contributed by atoms with E-state index in [0.29, 0.717) is 5.56 Å². The van der Waals surface area contributed by atoms with Crippen molar-refractivity contribution < 1.29 is 27.1 Å². The van der Waals surface area contributed by atoms with E-state index in [0.717, 1.165) is 12.1 Å². The summed E-state index contributed by atoms with van der Waals surface area (Å²) in [6, 6.07) is 4.92. The number of halogens is 4. The molecule has 1 aliphatic rings. The molecule has 1 amide bonds. The number of hydrogen-bond donors (Lipinski definition) is 1. The van der Waals surface area contributed by atoms with Gasteiger partial charge in [-0.15, -0.1) is 0 Å². The molecule has 7 heteroatoms. The molecule has 1 aromatic rings. The molecule has 0 radical (unpaired) electrons. The van der Waals surface area contributed by atoms with Crippen molar-refractivity contribution in [3.05, 3.63) is 35.6 Å². The highest BCUT2D eigenvalue weighted by molar-refractivity contribution is 5.91. The molecule has 0 spiro atoms. The lowest BCUT2D eigenvalue weighted by Gasteiger charge is -2.16. The van der Waals surface area contributed by atoms with Crippen LogP contribution in [0.2, 0.25) is 0 Å². The third-order valence-corrected chi connectivity index (χ3v) is 3.23. The Morgan fingerprint density at radius 3 is 2.15 bits per heavy atom. The van der Waals surface area contributed by atoms with Crippen molar-refractivity contribution in [1.82, 2.24) is 5.32 Å². The van der Waals surface area contributed by atoms with Crippen LogP contribution in [0.3, 0.4) is 0 Å². The molecule has 2 rings (SSSR count). The van der Waals surface area contributed by atoms with E-state index in [2.05, 4.69) is 0 Å². The molecule has 1 fully saturated rings. The largest absolute Gasteiger partial charge is 0.405 e. The quantitative estimate of drug-likeness (QED) is 0.687. The average molecular weight is 291 g/mol. The van der Waals surface area contributed by atoms with Crippen LogP contribution in [0.1, 0.15) is 19.4 Å². The molecule has 1 saturated heterocycles. The number of carbonyl (C=O) groups excluding carboxylic acids is 1. The summed E-state index contributed by atoms with van der Waals surface area (Å²) in [5.41, 5.74) is -2.13. The minimum atomic E-state index is -4.50. The molecule has 1 unspecified atom stereocenters. The minimum Gasteiger partial charge on any atom is -0.347 e. The fraction of sp³-hybridized carbons (Fsp3) is 0.462. The first-order chi connectivity index (χ1) is 9.08. The van der Waals surface area contributed by atoms with E-state index in [4.69, 9.17) is 4.74 Å². The van der Waals surface area contributed by atoms with Gasteiger partial charge in [-0.05, 0) is 31.5 Å². The first-order valence-corrected chi connectivity index (χ1v) is 5.90. The summed E-state index contributed by atoms with van der Waals surface area (Å²) in [7, 11) is 0. The van der Waals surface area contributed by atoms with Gasteiger partial charge in [0.1, 0.15) is 18.0 Å². The monoisotopic (exact) mass is 291 g/mol. The van der Waals surface area contributed by atoms with Crippen LogP contribution in [0.15, 0.2) is 24.3 Å². The molecular formula is C13H13F4NO2. The lowest BCUT2D eigenvalue weighted by Crippen LogP contribution is -2.43. The zero-order chi connectivity index (χ0) is 15.2. The number of alkyl halides is 3. The molecule has 1 heterocycles. The molecule has 1 atom stereocenters. The highest BCUT2D eigenvalue weighted by atomic mass is 19.4. The van der Waals surface area contributed by atoms with Gasteiger partial charge in [-0.2, -0.15) is 13.2 Å². The number of amides is 1. The van der Waals surface area contributed by atoms with Crippen molar-refractivity contribution in [2.24, 2.45) is 0 Å². The Kier molecular flexibility index (Phi) is 3.28. The van der Waals surface area contributed by atoms with Crippen LogP contribution >= 0.6 is 0 Å². The van der Waals surface area contributed by atoms with E-state index in [1.54, 1.807) is 13.8 Å². The summed E-state index contributed by atoms with van der Waals surface area (Å²) in [4.78, 5) is 12.0. The van der Waals surface area contributed by atoms with Crippen LogP contribution in [0.5, 0.6) is 0 Å². The van der Waals surface area contributed by atoms with E-state index >= 15 is 0 Å². The molecule has 3 nitrogen and oxygen atoms in total. The van der Waals surface area contributed by atoms with Crippen molar-refractivity contribution >= 4 is 5.91 Å². The van der Waals surface area contributed by atoms with Gasteiger partial charge in [0.15, 0.2) is 0 Å². The van der Waals surface area contributed by atoms with Gasteiger partial charge in [0.25, 0.3) is 5.91 Å². The molecule has 0 aliphatic carbocycles. The SMILES string of the molecule is CC1(C)OC1(C(=O)NCC(F)(F)F)c1ccc(F)cc1. The molecule has 110 valence electrons. The Balaban J connectivity index is 2.24. The molecule has 0 bridgehead atoms. The van der Waals surface area contributed by atoms with Crippen LogP contribution < -0.4 is 5.32 Å². The molecule has 20 heavy (non-hydrogen) atoms. The van der Waals surface area contributed by atoms with Gasteiger partial charge in [0, 0.05) is 0 Å². The standard InChI is InChI=1S/C13H13F4NO2/c1-11(2)13(20-11,8-3-5-9(14)6-4-8)10(19)18-7-12(15,16)17/h3-6H,7H2,1-2H3,(H,18,19). The van der Waals surface area contributed by atoms with Gasteiger partial charge < -0.3 is 10.1 Å². The fourth-order valence-corrected chi connectivity index (χ4v) is 2.20. The number of epoxide rings is 1. The van der Waals surface area contributed by atoms with E-state index < -0.39 is 35.6 Å². The molecule has 1 aliphatic heterocycles. The summed E-state index contributed by atoms with van der Waals surface area (Å²) in [5, 5.41) is 1.81. The topological polar surface area (TPSA) is 41.6 Å². The third-order valence-electron chi connectivity index (χ3n) is 3.23. The van der Waals surface area contributed by atoms with Crippen molar-refractivity contribution in [2.75, 3.05) is 6.54 Å². The van der Waals surface area contributed by atoms with Gasteiger partial charge in [0.2, 0.25) is 5.60 Å². The summed E-state index contributed by atoms with van der Waals surface area (Å²) in [6.45, 7) is 1.74. The number of carbonyl (C=O) groups is 1. The minimum absolute atomic E-state index is 0.323. The zero-order valence-corrected chi connectivity index (χ0v) is 10.8. The normalized spacial score (nSPS) is 24.3. The summed E-state index contributed by atoms with van der Waals surface area (Å²) >= 11 is 0. The second kappa shape index (κ2) is 4.44. The lowest BCUT2D eigenvalue weighted by molar-refractivity contribution is -0.141. The predicted octanol–water partition coefficient (Wildman–Crippen LogP) is 2.51. The zero-order valence-electron chi connectivity index (χ0n) is 10.8. The van der Waals surface area contributed by atoms with Gasteiger partial charge in [-0.3, -0.25) is 4.79 Å². The number of benzene rings is 1. The van der Waals surface area contributed by atoms with E-state index in [1.165, 1.54) is 12.1 Å². The molecular weight excluding hydrogens is 278 g/mol. The van der Waals surface area contributed by atoms with Crippen molar-refractivity contribution in [1.29, 1.82) is 0 Å². The van der Waals surface area contributed by atoms with Gasteiger partial charge in [-0.1, -0.05) is 12.1 Å². The van der Waals surface area contributed by atoms with E-state index in [9.17, 15) is 22.4 Å². The first kappa shape index (κ1) is 14.8. The number of rotatable bonds is 3. The van der Waals surface area contributed by atoms with Crippen LogP contribution in [0.4, 0.5) is 17.6 Å². The maximum atomic E-state index is 12.9. The number of nitrogens with one attached hydrogen (secondary N) is 1. The van der Waals surface area contributed by atoms with Crippen LogP contribution in [-0.2, 0) is 15.1 Å². The molecule has 1 aromatic carbocycles. The Bertz CT molecular complexity index is 524. The van der Waals surface area contributed by atoms with Crippen molar-refractivity contribution in [3.63, 3.8) is 0 Å². The van der Waals surface area contributed by atoms with Crippen molar-refractivity contribution in [3.8, 4) is 0 Å². The summed E-state index contributed by atoms with van der Waals surface area (Å²) < 4.78 is 54.7. The summed E-state index contributed by atoms with van der Waals surface area (Å²) in [5.74, 6) is -1.38. The molecule has 1 N–H and O–H groups in total. The second-order valence-electron chi connectivity index (χ2n) is 5.10. The molecule has 0 saturated carbocycles. The predicted molar refractivity (Wildman–Crippen MR) is 62.3 cm³/mol. The Hall–Kier alpha value is -1.63. The van der Waals surface area contributed by atoms with E-state index in [-0.39, 0.29) is 0 Å². The highest BCUT2D eigenvalue weighted by Gasteiger charge is 2.70. The average Bonchev–Trinajstić information content (AvgIpc) is 2.91. The number of hydrogen-bond acceptors (Lipinski definition) is 2. The van der Waals surface area contributed by atoms with Gasteiger partial charge in [-0.25, -0.2) is 4.39 Å². The van der Waals surface area contributed by atoms with Crippen LogP contribution in [0.25, 0.3) is 0 Å². The van der Waals surface area contributed by atoms with Crippen LogP contribution in [0, 0.1) is 5.82 Å². The Labute approximate surface area is 112 Å². The van der Waals surface area contributed by atoms with Crippen molar-refractivity contribution in [2.45, 2.75) is 31.2 Å². The fourth-order valence-electron chi connectivity index (χ4n) is 2.20. The van der Waals surface area contributed by atoms with Gasteiger partial charge >= 0.3 is 6.18 Å². The van der Waals surface area contributed by atoms with Crippen LogP contribution in [-0.4, -0.2) is 24.2 Å².